The highest BCUT2D eigenvalue weighted by Gasteiger charge is 2.33. The molecule has 3 nitrogen and oxygen atoms in total. The van der Waals surface area contributed by atoms with Gasteiger partial charge in [-0.2, -0.15) is 0 Å². The molecule has 1 unspecified atom stereocenters. The predicted octanol–water partition coefficient (Wildman–Crippen LogP) is 11.7. The molecule has 3 heteroatoms. The largest absolute Gasteiger partial charge is 0.361 e. The Hall–Kier alpha value is -6.32. The second-order valence-corrected chi connectivity index (χ2v) is 12.6. The average molecular weight is 614 g/mol. The van der Waals surface area contributed by atoms with E-state index in [1.807, 2.05) is 0 Å². The summed E-state index contributed by atoms with van der Waals surface area (Å²) >= 11 is 0. The summed E-state index contributed by atoms with van der Waals surface area (Å²) in [5.74, 6) is 0. The molecule has 0 saturated heterocycles. The number of anilines is 3. The van der Waals surface area contributed by atoms with Crippen LogP contribution >= 0.6 is 0 Å². The maximum atomic E-state index is 3.85. The molecule has 226 valence electrons. The number of hydrogen-bond acceptors (Lipinski definition) is 2. The molecule has 2 aliphatic rings. The monoisotopic (exact) mass is 613 g/mol. The van der Waals surface area contributed by atoms with Crippen LogP contribution in [0.5, 0.6) is 0 Å². The number of nitrogens with zero attached hydrogens (tertiary/aromatic N) is 2. The highest BCUT2D eigenvalue weighted by molar-refractivity contribution is 6.12. The van der Waals surface area contributed by atoms with Crippen LogP contribution in [0.4, 0.5) is 17.1 Å². The van der Waals surface area contributed by atoms with Gasteiger partial charge in [0.2, 0.25) is 0 Å². The Balaban J connectivity index is 1.23. The Kier molecular flexibility index (Phi) is 5.94. The first-order valence-corrected chi connectivity index (χ1v) is 16.6. The first-order valence-electron chi connectivity index (χ1n) is 16.6. The van der Waals surface area contributed by atoms with Crippen molar-refractivity contribution in [3.8, 4) is 39.2 Å². The molecule has 1 atom stereocenters. The first-order chi connectivity index (χ1) is 23.8. The molecule has 0 fully saturated rings. The van der Waals surface area contributed by atoms with E-state index in [0.29, 0.717) is 0 Å². The van der Waals surface area contributed by atoms with Gasteiger partial charge in [-0.15, -0.1) is 0 Å². The lowest BCUT2D eigenvalue weighted by Gasteiger charge is -2.36. The van der Waals surface area contributed by atoms with Crippen molar-refractivity contribution < 1.29 is 0 Å². The van der Waals surface area contributed by atoms with Crippen molar-refractivity contribution >= 4 is 44.8 Å². The van der Waals surface area contributed by atoms with Gasteiger partial charge in [-0.25, -0.2) is 0 Å². The molecule has 1 aromatic heterocycles. The summed E-state index contributed by atoms with van der Waals surface area (Å²) in [4.78, 5) is 2.47. The molecule has 0 aliphatic carbocycles. The van der Waals surface area contributed by atoms with Crippen molar-refractivity contribution in [1.82, 2.24) is 4.57 Å². The minimum atomic E-state index is -0.0675. The third-order valence-corrected chi connectivity index (χ3v) is 9.91. The van der Waals surface area contributed by atoms with Crippen molar-refractivity contribution in [2.75, 3.05) is 10.2 Å². The zero-order valence-electron chi connectivity index (χ0n) is 26.2. The van der Waals surface area contributed by atoms with Gasteiger partial charge in [0.1, 0.15) is 6.17 Å². The van der Waals surface area contributed by atoms with Crippen LogP contribution < -0.4 is 10.2 Å². The minimum Gasteiger partial charge on any atom is -0.361 e. The maximum Gasteiger partial charge on any atom is 0.123 e. The number of aromatic nitrogens is 1. The van der Waals surface area contributed by atoms with E-state index in [2.05, 4.69) is 191 Å². The summed E-state index contributed by atoms with van der Waals surface area (Å²) < 4.78 is 2.48. The van der Waals surface area contributed by atoms with Gasteiger partial charge in [0.15, 0.2) is 0 Å². The molecule has 3 heterocycles. The quantitative estimate of drug-likeness (QED) is 0.214. The SMILES string of the molecule is C1=CC(N2c3ccccc3-c3c(n(-c4cccc(-c5ccc6ccccc6c5)c4)c4ccccc34)-c3ccccc32)Nc2ccccc21. The molecular weight excluding hydrogens is 583 g/mol. The Morgan fingerprint density at radius 1 is 0.521 bits per heavy atom. The molecule has 48 heavy (non-hydrogen) atoms. The Bertz CT molecular complexity index is 2570. The lowest BCUT2D eigenvalue weighted by molar-refractivity contribution is 0.878. The van der Waals surface area contributed by atoms with Crippen LogP contribution in [-0.2, 0) is 0 Å². The highest BCUT2D eigenvalue weighted by atomic mass is 15.3. The Morgan fingerprint density at radius 3 is 2.15 bits per heavy atom. The van der Waals surface area contributed by atoms with E-state index in [0.717, 1.165) is 11.4 Å². The van der Waals surface area contributed by atoms with Gasteiger partial charge in [0, 0.05) is 33.5 Å². The van der Waals surface area contributed by atoms with Crippen LogP contribution in [0.3, 0.4) is 0 Å². The average Bonchev–Trinajstić information content (AvgIpc) is 3.44. The van der Waals surface area contributed by atoms with E-state index in [4.69, 9.17) is 0 Å². The van der Waals surface area contributed by atoms with E-state index in [1.165, 1.54) is 72.1 Å². The molecule has 0 bridgehead atoms. The lowest BCUT2D eigenvalue weighted by atomic mass is 9.98. The van der Waals surface area contributed by atoms with Gasteiger partial charge in [0.05, 0.1) is 22.6 Å². The van der Waals surface area contributed by atoms with Gasteiger partial charge in [0.25, 0.3) is 0 Å². The number of nitrogens with one attached hydrogen (secondary N) is 1. The summed E-state index contributed by atoms with van der Waals surface area (Å²) in [6.45, 7) is 0. The third-order valence-electron chi connectivity index (χ3n) is 9.91. The molecule has 7 aromatic carbocycles. The van der Waals surface area contributed by atoms with Crippen molar-refractivity contribution in [2.24, 2.45) is 0 Å². The first kappa shape index (κ1) is 26.9. The molecule has 0 amide bonds. The number of fused-ring (bicyclic) bond motifs is 9. The number of para-hydroxylation sites is 4. The van der Waals surface area contributed by atoms with Gasteiger partial charge < -0.3 is 14.8 Å². The van der Waals surface area contributed by atoms with Crippen molar-refractivity contribution in [1.29, 1.82) is 0 Å². The fourth-order valence-corrected chi connectivity index (χ4v) is 7.76. The predicted molar refractivity (Wildman–Crippen MR) is 202 cm³/mol. The maximum absolute atomic E-state index is 3.85. The van der Waals surface area contributed by atoms with Crippen molar-refractivity contribution in [3.63, 3.8) is 0 Å². The van der Waals surface area contributed by atoms with Gasteiger partial charge >= 0.3 is 0 Å². The van der Waals surface area contributed by atoms with Crippen LogP contribution in [0.25, 0.3) is 66.9 Å². The number of benzene rings is 7. The van der Waals surface area contributed by atoms with Gasteiger partial charge in [-0.3, -0.25) is 0 Å². The van der Waals surface area contributed by atoms with Crippen LogP contribution in [0.2, 0.25) is 0 Å². The summed E-state index contributed by atoms with van der Waals surface area (Å²) in [7, 11) is 0. The van der Waals surface area contributed by atoms with Crippen LogP contribution in [0.1, 0.15) is 5.56 Å². The van der Waals surface area contributed by atoms with Crippen LogP contribution in [0, 0.1) is 0 Å². The van der Waals surface area contributed by atoms with E-state index in [-0.39, 0.29) is 6.17 Å². The highest BCUT2D eigenvalue weighted by Crippen LogP contribution is 2.53. The smallest absolute Gasteiger partial charge is 0.123 e. The molecule has 0 saturated carbocycles. The van der Waals surface area contributed by atoms with E-state index < -0.39 is 0 Å². The summed E-state index contributed by atoms with van der Waals surface area (Å²) in [5, 5.41) is 7.59. The van der Waals surface area contributed by atoms with Crippen molar-refractivity contribution in [2.45, 2.75) is 6.17 Å². The van der Waals surface area contributed by atoms with E-state index >= 15 is 0 Å². The summed E-state index contributed by atoms with van der Waals surface area (Å²) in [5.41, 5.74) is 14.3. The van der Waals surface area contributed by atoms with Gasteiger partial charge in [-0.05, 0) is 76.0 Å². The fourth-order valence-electron chi connectivity index (χ4n) is 7.76. The number of hydrogen-bond donors (Lipinski definition) is 1. The minimum absolute atomic E-state index is 0.0675. The standard InChI is InChI=1S/C45H31N3/c1-2-14-32-28-34(25-24-30(32)12-1)33-15-11-16-35(29-33)47-40-21-8-4-17-36(40)44-37-18-5-9-22-41(37)48(42-23-10-6-19-38(42)45(44)47)43-27-26-31-13-3-7-20-39(31)46-43/h1-29,43,46H. The fraction of sp³-hybridized carbons (Fsp3) is 0.0222. The molecule has 10 rings (SSSR count). The molecule has 0 spiro atoms. The van der Waals surface area contributed by atoms with Crippen molar-refractivity contribution in [3.05, 3.63) is 175 Å². The number of rotatable bonds is 3. The Labute approximate surface area is 279 Å². The van der Waals surface area contributed by atoms with E-state index in [9.17, 15) is 0 Å². The second-order valence-electron chi connectivity index (χ2n) is 12.6. The van der Waals surface area contributed by atoms with E-state index in [1.54, 1.807) is 0 Å². The zero-order valence-corrected chi connectivity index (χ0v) is 26.2. The lowest BCUT2D eigenvalue weighted by Crippen LogP contribution is -2.37. The van der Waals surface area contributed by atoms with Crippen LogP contribution in [0.15, 0.2) is 170 Å². The summed E-state index contributed by atoms with van der Waals surface area (Å²) in [6, 6.07) is 59.5. The third kappa shape index (κ3) is 4.08. The molecule has 1 N–H and O–H groups in total. The molecule has 8 aromatic rings. The Morgan fingerprint density at radius 2 is 1.23 bits per heavy atom. The normalized spacial score (nSPS) is 14.5. The summed E-state index contributed by atoms with van der Waals surface area (Å²) in [6.07, 6.45) is 4.46. The molecular formula is C45H31N3. The molecule has 2 aliphatic heterocycles. The zero-order chi connectivity index (χ0) is 31.6. The van der Waals surface area contributed by atoms with Crippen LogP contribution in [-0.4, -0.2) is 10.7 Å². The second kappa shape index (κ2) is 10.6. The molecule has 0 radical (unpaired) electrons. The topological polar surface area (TPSA) is 20.2 Å². The van der Waals surface area contributed by atoms with Gasteiger partial charge in [-0.1, -0.05) is 127 Å².